The molecule has 11 heteroatoms. The molecule has 216 valence electrons. The number of hydrogen-bond acceptors (Lipinski definition) is 9. The Morgan fingerprint density at radius 2 is 1.73 bits per heavy atom. The van der Waals surface area contributed by atoms with E-state index in [1.54, 1.807) is 6.07 Å². The number of piperazine rings is 1. The van der Waals surface area contributed by atoms with Gasteiger partial charge in [-0.1, -0.05) is 18.2 Å². The van der Waals surface area contributed by atoms with E-state index < -0.39 is 43.2 Å². The number of nitriles is 1. The molecule has 0 bridgehead atoms. The van der Waals surface area contributed by atoms with Gasteiger partial charge >= 0.3 is 0 Å². The van der Waals surface area contributed by atoms with Crippen molar-refractivity contribution in [1.29, 1.82) is 5.26 Å². The van der Waals surface area contributed by atoms with Gasteiger partial charge in [-0.15, -0.1) is 0 Å². The van der Waals surface area contributed by atoms with Crippen LogP contribution in [0.15, 0.2) is 54.1 Å². The topological polar surface area (TPSA) is 154 Å². The number of aliphatic hydroxyl groups excluding tert-OH is 4. The van der Waals surface area contributed by atoms with E-state index >= 15 is 0 Å². The zero-order valence-electron chi connectivity index (χ0n) is 23.0. The highest BCUT2D eigenvalue weighted by molar-refractivity contribution is 6.02. The van der Waals surface area contributed by atoms with Gasteiger partial charge in [0.2, 0.25) is 0 Å². The average Bonchev–Trinajstić information content (AvgIpc) is 3.35. The summed E-state index contributed by atoms with van der Waals surface area (Å²) in [7, 11) is 3.98. The highest BCUT2D eigenvalue weighted by Crippen LogP contribution is 2.29. The molecule has 5 atom stereocenters. The molecule has 0 saturated carbocycles. The van der Waals surface area contributed by atoms with Crippen LogP contribution in [-0.4, -0.2) is 106 Å². The Hall–Kier alpha value is -3.76. The smallest absolute Gasteiger partial charge is 0.262 e. The van der Waals surface area contributed by atoms with Gasteiger partial charge in [0.15, 0.2) is 6.29 Å². The van der Waals surface area contributed by atoms with Crippen LogP contribution < -0.4 is 10.2 Å². The molecular formula is C30H35N5O6. The summed E-state index contributed by atoms with van der Waals surface area (Å²) >= 11 is 0. The van der Waals surface area contributed by atoms with E-state index in [0.717, 1.165) is 48.2 Å². The molecule has 1 aromatic heterocycles. The molecule has 0 radical (unpaired) electrons. The molecule has 2 aromatic carbocycles. The number of carbonyl (C=O) groups is 1. The Morgan fingerprint density at radius 1 is 1.02 bits per heavy atom. The fourth-order valence-corrected chi connectivity index (χ4v) is 5.39. The zero-order chi connectivity index (χ0) is 29.3. The van der Waals surface area contributed by atoms with Crippen molar-refractivity contribution in [3.05, 3.63) is 59.8 Å². The summed E-state index contributed by atoms with van der Waals surface area (Å²) in [6.07, 6.45) is -4.60. The van der Waals surface area contributed by atoms with Gasteiger partial charge in [-0.05, 0) is 59.8 Å². The Balaban J connectivity index is 1.33. The van der Waals surface area contributed by atoms with Crippen molar-refractivity contribution >= 4 is 28.4 Å². The molecule has 1 amide bonds. The Bertz CT molecular complexity index is 1490. The maximum Gasteiger partial charge on any atom is 0.262 e. The van der Waals surface area contributed by atoms with Crippen molar-refractivity contribution in [2.75, 3.05) is 44.7 Å². The van der Waals surface area contributed by atoms with Crippen LogP contribution in [0.2, 0.25) is 0 Å². The molecule has 2 fully saturated rings. The fourth-order valence-electron chi connectivity index (χ4n) is 5.39. The second kappa shape index (κ2) is 12.0. The van der Waals surface area contributed by atoms with Crippen LogP contribution in [0.1, 0.15) is 5.69 Å². The van der Waals surface area contributed by atoms with Crippen molar-refractivity contribution in [2.24, 2.45) is 7.05 Å². The van der Waals surface area contributed by atoms with Crippen LogP contribution in [0.5, 0.6) is 0 Å². The van der Waals surface area contributed by atoms with E-state index in [2.05, 4.69) is 52.5 Å². The second-order valence-corrected chi connectivity index (χ2v) is 10.6. The van der Waals surface area contributed by atoms with Gasteiger partial charge in [0, 0.05) is 50.3 Å². The average molecular weight is 562 g/mol. The first kappa shape index (κ1) is 28.8. The number of ether oxygens (including phenoxy) is 1. The molecule has 41 heavy (non-hydrogen) atoms. The van der Waals surface area contributed by atoms with Crippen molar-refractivity contribution in [3.63, 3.8) is 0 Å². The number of carbonyl (C=O) groups excluding carboxylic acids is 1. The quantitative estimate of drug-likeness (QED) is 0.213. The zero-order valence-corrected chi connectivity index (χ0v) is 23.0. The number of aromatic nitrogens is 1. The largest absolute Gasteiger partial charge is 0.394 e. The maximum atomic E-state index is 12.9. The molecule has 5 rings (SSSR count). The van der Waals surface area contributed by atoms with Crippen molar-refractivity contribution < 1.29 is 30.0 Å². The van der Waals surface area contributed by atoms with Gasteiger partial charge < -0.3 is 44.8 Å². The van der Waals surface area contributed by atoms with Gasteiger partial charge in [-0.3, -0.25) is 4.79 Å². The number of benzene rings is 2. The molecule has 3 aromatic rings. The molecule has 2 aliphatic rings. The highest BCUT2D eigenvalue weighted by atomic mass is 16.6. The minimum Gasteiger partial charge on any atom is -0.394 e. The molecule has 0 aliphatic carbocycles. The maximum absolute atomic E-state index is 12.9. The van der Waals surface area contributed by atoms with Crippen LogP contribution in [0.4, 0.5) is 5.69 Å². The first-order valence-electron chi connectivity index (χ1n) is 13.6. The Morgan fingerprint density at radius 3 is 2.44 bits per heavy atom. The first-order chi connectivity index (χ1) is 19.7. The number of rotatable bonds is 6. The minimum atomic E-state index is -1.68. The van der Waals surface area contributed by atoms with E-state index in [0.29, 0.717) is 5.69 Å². The Labute approximate surface area is 238 Å². The van der Waals surface area contributed by atoms with Crippen LogP contribution in [-0.2, 0) is 16.6 Å². The number of nitrogens with zero attached hydrogens (tertiary/aromatic N) is 4. The van der Waals surface area contributed by atoms with E-state index in [1.165, 1.54) is 11.8 Å². The molecule has 1 unspecified atom stereocenters. The number of anilines is 1. The number of amides is 1. The molecular weight excluding hydrogens is 526 g/mol. The van der Waals surface area contributed by atoms with Crippen molar-refractivity contribution in [3.8, 4) is 17.3 Å². The van der Waals surface area contributed by atoms with E-state index in [-0.39, 0.29) is 5.57 Å². The standard InChI is InChI=1S/C30H35N5O6/c1-33-9-11-35(12-10-33)23-6-5-18-13-20(4-3-19(18)14-23)24-8-7-22(34(24)2)15-21(16-31)29(39)32-26-28(38)27(37)25(17-36)41-30(26)40/h3-8,13-15,25-28,30,36-38,40H,9-12,17H2,1-2H3,(H,32,39)/b21-15+/t25-,26-,27-,28-,30?/m1/s1. The van der Waals surface area contributed by atoms with E-state index in [4.69, 9.17) is 4.74 Å². The summed E-state index contributed by atoms with van der Waals surface area (Å²) < 4.78 is 6.95. The molecule has 5 N–H and O–H groups in total. The van der Waals surface area contributed by atoms with E-state index in [1.807, 2.05) is 29.8 Å². The summed E-state index contributed by atoms with van der Waals surface area (Å²) in [6.45, 7) is 3.48. The molecule has 11 nitrogen and oxygen atoms in total. The molecule has 2 aliphatic heterocycles. The normalized spacial score (nSPS) is 25.7. The van der Waals surface area contributed by atoms with Gasteiger partial charge in [-0.2, -0.15) is 5.26 Å². The van der Waals surface area contributed by atoms with Crippen LogP contribution in [0, 0.1) is 11.3 Å². The minimum absolute atomic E-state index is 0.258. The van der Waals surface area contributed by atoms with Crippen LogP contribution in [0.25, 0.3) is 28.1 Å². The first-order valence-corrected chi connectivity index (χ1v) is 13.6. The predicted molar refractivity (Wildman–Crippen MR) is 154 cm³/mol. The van der Waals surface area contributed by atoms with Gasteiger partial charge in [-0.25, -0.2) is 0 Å². The third-order valence-electron chi connectivity index (χ3n) is 8.00. The lowest BCUT2D eigenvalue weighted by Crippen LogP contribution is -2.64. The predicted octanol–water partition coefficient (Wildman–Crippen LogP) is 0.420. The number of fused-ring (bicyclic) bond motifs is 1. The number of aliphatic hydroxyl groups is 4. The lowest BCUT2D eigenvalue weighted by Gasteiger charge is -2.40. The summed E-state index contributed by atoms with van der Waals surface area (Å²) in [5.41, 5.74) is 3.43. The molecule has 2 saturated heterocycles. The fraction of sp³-hybridized carbons (Fsp3) is 0.400. The summed E-state index contributed by atoms with van der Waals surface area (Å²) in [6, 6.07) is 16.9. The summed E-state index contributed by atoms with van der Waals surface area (Å²) in [4.78, 5) is 17.6. The van der Waals surface area contributed by atoms with Gasteiger partial charge in [0.05, 0.1) is 6.61 Å². The van der Waals surface area contributed by atoms with Gasteiger partial charge in [0.25, 0.3) is 5.91 Å². The molecule has 3 heterocycles. The lowest BCUT2D eigenvalue weighted by atomic mass is 9.97. The van der Waals surface area contributed by atoms with Crippen LogP contribution >= 0.6 is 0 Å². The monoisotopic (exact) mass is 561 g/mol. The summed E-state index contributed by atoms with van der Waals surface area (Å²) in [5, 5.41) is 54.1. The van der Waals surface area contributed by atoms with Crippen molar-refractivity contribution in [2.45, 2.75) is 30.6 Å². The van der Waals surface area contributed by atoms with Gasteiger partial charge in [0.1, 0.15) is 36.0 Å². The molecule has 0 spiro atoms. The second-order valence-electron chi connectivity index (χ2n) is 10.6. The van der Waals surface area contributed by atoms with E-state index in [9.17, 15) is 30.5 Å². The van der Waals surface area contributed by atoms with Crippen molar-refractivity contribution in [1.82, 2.24) is 14.8 Å². The van der Waals surface area contributed by atoms with Crippen LogP contribution in [0.3, 0.4) is 0 Å². The number of likely N-dealkylation sites (N-methyl/N-ethyl adjacent to an activating group) is 1. The SMILES string of the molecule is CN1CCN(c2ccc3cc(-c4ccc(/C=C(\C#N)C(=O)N[C@H]5C(O)O[C@H](CO)[C@@H](O)[C@@H]5O)n4C)ccc3c2)CC1. The highest BCUT2D eigenvalue weighted by Gasteiger charge is 2.44. The number of hydrogen-bond donors (Lipinski definition) is 5. The summed E-state index contributed by atoms with van der Waals surface area (Å²) in [5.74, 6) is -0.849. The third-order valence-corrected chi connectivity index (χ3v) is 8.00. The lowest BCUT2D eigenvalue weighted by molar-refractivity contribution is -0.253. The number of nitrogens with one attached hydrogen (secondary N) is 1. The third kappa shape index (κ3) is 5.85. The Kier molecular flexibility index (Phi) is 8.42.